The van der Waals surface area contributed by atoms with E-state index in [4.69, 9.17) is 0 Å². The Morgan fingerprint density at radius 1 is 1.28 bits per heavy atom. The number of carbonyl (C=O) groups is 1. The number of Topliss-reactive ketones (excluding diaryl/α,β-unsaturated/α-hetero) is 1. The molecule has 0 radical (unpaired) electrons. The van der Waals surface area contributed by atoms with E-state index >= 15 is 0 Å². The summed E-state index contributed by atoms with van der Waals surface area (Å²) < 4.78 is 23.6. The molecule has 0 spiro atoms. The van der Waals surface area contributed by atoms with Gasteiger partial charge in [0.2, 0.25) is 0 Å². The van der Waals surface area contributed by atoms with E-state index in [1.54, 1.807) is 13.8 Å². The highest BCUT2D eigenvalue weighted by Gasteiger charge is 2.29. The first-order valence-electron chi connectivity index (χ1n) is 7.11. The van der Waals surface area contributed by atoms with Gasteiger partial charge in [-0.3, -0.25) is 4.79 Å². The Kier molecular flexibility index (Phi) is 5.83. The number of carbonyl (C=O) groups excluding carboxylic acids is 1. The SMILES string of the molecule is CCCC1CCC(=O)C(CCS(=O)(=O)C(C)C)C1. The molecule has 3 nitrogen and oxygen atoms in total. The van der Waals surface area contributed by atoms with Crippen LogP contribution in [0, 0.1) is 11.8 Å². The summed E-state index contributed by atoms with van der Waals surface area (Å²) in [5.74, 6) is 1.06. The summed E-state index contributed by atoms with van der Waals surface area (Å²) in [6.45, 7) is 5.57. The Morgan fingerprint density at radius 2 is 1.94 bits per heavy atom. The number of hydrogen-bond acceptors (Lipinski definition) is 3. The van der Waals surface area contributed by atoms with Crippen LogP contribution in [0.5, 0.6) is 0 Å². The molecular weight excluding hydrogens is 248 g/mol. The summed E-state index contributed by atoms with van der Waals surface area (Å²) in [7, 11) is -3.00. The van der Waals surface area contributed by atoms with Gasteiger partial charge >= 0.3 is 0 Å². The quantitative estimate of drug-likeness (QED) is 0.748. The van der Waals surface area contributed by atoms with Crippen LogP contribution in [0.4, 0.5) is 0 Å². The molecule has 0 saturated heterocycles. The molecule has 0 amide bonds. The second-order valence-corrected chi connectivity index (χ2v) is 8.47. The number of rotatable bonds is 6. The zero-order chi connectivity index (χ0) is 13.8. The molecule has 18 heavy (non-hydrogen) atoms. The molecule has 0 aliphatic heterocycles. The van der Waals surface area contributed by atoms with Gasteiger partial charge in [-0.2, -0.15) is 0 Å². The van der Waals surface area contributed by atoms with Gasteiger partial charge in [-0.05, 0) is 39.0 Å². The molecule has 1 aliphatic carbocycles. The second kappa shape index (κ2) is 6.69. The molecule has 2 unspecified atom stereocenters. The van der Waals surface area contributed by atoms with Crippen LogP contribution in [0.15, 0.2) is 0 Å². The van der Waals surface area contributed by atoms with Crippen molar-refractivity contribution in [1.82, 2.24) is 0 Å². The van der Waals surface area contributed by atoms with E-state index in [-0.39, 0.29) is 22.7 Å². The highest BCUT2D eigenvalue weighted by Crippen LogP contribution is 2.31. The molecule has 0 aromatic carbocycles. The van der Waals surface area contributed by atoms with Crippen LogP contribution in [-0.2, 0) is 14.6 Å². The van der Waals surface area contributed by atoms with Crippen molar-refractivity contribution >= 4 is 15.6 Å². The van der Waals surface area contributed by atoms with E-state index in [2.05, 4.69) is 6.92 Å². The first kappa shape index (κ1) is 15.7. The summed E-state index contributed by atoms with van der Waals surface area (Å²) in [5.41, 5.74) is 0. The van der Waals surface area contributed by atoms with E-state index in [0.29, 0.717) is 18.8 Å². The molecule has 1 fully saturated rings. The van der Waals surface area contributed by atoms with Crippen molar-refractivity contribution in [3.05, 3.63) is 0 Å². The molecule has 0 aromatic heterocycles. The molecule has 0 aromatic rings. The molecule has 106 valence electrons. The lowest BCUT2D eigenvalue weighted by Crippen LogP contribution is -2.28. The first-order valence-corrected chi connectivity index (χ1v) is 8.82. The standard InChI is InChI=1S/C14H26O3S/c1-4-5-12-6-7-14(15)13(10-12)8-9-18(16,17)11(2)3/h11-13H,4-10H2,1-3H3. The maximum absolute atomic E-state index is 11.8. The maximum atomic E-state index is 11.8. The summed E-state index contributed by atoms with van der Waals surface area (Å²) >= 11 is 0. The van der Waals surface area contributed by atoms with Crippen molar-refractivity contribution < 1.29 is 13.2 Å². The van der Waals surface area contributed by atoms with Crippen LogP contribution in [0.1, 0.15) is 59.3 Å². The van der Waals surface area contributed by atoms with Crippen molar-refractivity contribution in [2.45, 2.75) is 64.5 Å². The minimum absolute atomic E-state index is 0.0103. The van der Waals surface area contributed by atoms with Crippen LogP contribution in [0.2, 0.25) is 0 Å². The van der Waals surface area contributed by atoms with Gasteiger partial charge in [0.15, 0.2) is 9.84 Å². The fourth-order valence-corrected chi connectivity index (χ4v) is 3.78. The zero-order valence-corrected chi connectivity index (χ0v) is 12.6. The third-order valence-corrected chi connectivity index (χ3v) is 6.28. The van der Waals surface area contributed by atoms with Crippen LogP contribution >= 0.6 is 0 Å². The lowest BCUT2D eigenvalue weighted by atomic mass is 9.77. The van der Waals surface area contributed by atoms with Crippen molar-refractivity contribution in [2.75, 3.05) is 5.75 Å². The zero-order valence-electron chi connectivity index (χ0n) is 11.8. The maximum Gasteiger partial charge on any atom is 0.152 e. The number of ketones is 1. The summed E-state index contributed by atoms with van der Waals surface area (Å²) in [4.78, 5) is 11.8. The van der Waals surface area contributed by atoms with Crippen molar-refractivity contribution in [3.8, 4) is 0 Å². The average molecular weight is 274 g/mol. The molecule has 1 aliphatic rings. The third-order valence-electron chi connectivity index (χ3n) is 4.04. The van der Waals surface area contributed by atoms with Gasteiger partial charge in [-0.15, -0.1) is 0 Å². The molecule has 2 atom stereocenters. The van der Waals surface area contributed by atoms with E-state index < -0.39 is 9.84 Å². The molecule has 0 heterocycles. The van der Waals surface area contributed by atoms with E-state index in [9.17, 15) is 13.2 Å². The monoisotopic (exact) mass is 274 g/mol. The topological polar surface area (TPSA) is 51.2 Å². The Hall–Kier alpha value is -0.380. The van der Waals surface area contributed by atoms with Crippen molar-refractivity contribution in [1.29, 1.82) is 0 Å². The Bertz CT molecular complexity index is 371. The van der Waals surface area contributed by atoms with E-state index in [1.165, 1.54) is 6.42 Å². The summed E-state index contributed by atoms with van der Waals surface area (Å²) in [5, 5.41) is -0.331. The predicted molar refractivity (Wildman–Crippen MR) is 74.3 cm³/mol. The molecule has 0 bridgehead atoms. The fraction of sp³-hybridized carbons (Fsp3) is 0.929. The smallest absolute Gasteiger partial charge is 0.152 e. The van der Waals surface area contributed by atoms with Crippen LogP contribution in [0.3, 0.4) is 0 Å². The minimum Gasteiger partial charge on any atom is -0.299 e. The average Bonchev–Trinajstić information content (AvgIpc) is 2.30. The van der Waals surface area contributed by atoms with Gasteiger partial charge in [-0.1, -0.05) is 19.8 Å². The number of hydrogen-bond donors (Lipinski definition) is 0. The van der Waals surface area contributed by atoms with Crippen LogP contribution < -0.4 is 0 Å². The van der Waals surface area contributed by atoms with Crippen molar-refractivity contribution in [2.24, 2.45) is 11.8 Å². The van der Waals surface area contributed by atoms with E-state index in [0.717, 1.165) is 19.3 Å². The highest BCUT2D eigenvalue weighted by molar-refractivity contribution is 7.91. The molecule has 1 saturated carbocycles. The van der Waals surface area contributed by atoms with Gasteiger partial charge in [0.05, 0.1) is 11.0 Å². The van der Waals surface area contributed by atoms with Gasteiger partial charge in [0.1, 0.15) is 5.78 Å². The first-order chi connectivity index (χ1) is 8.36. The minimum atomic E-state index is -3.00. The fourth-order valence-electron chi connectivity index (χ4n) is 2.69. The Morgan fingerprint density at radius 3 is 2.50 bits per heavy atom. The predicted octanol–water partition coefficient (Wildman–Crippen LogP) is 2.99. The largest absolute Gasteiger partial charge is 0.299 e. The normalized spacial score (nSPS) is 25.7. The van der Waals surface area contributed by atoms with Crippen LogP contribution in [0.25, 0.3) is 0 Å². The van der Waals surface area contributed by atoms with Gasteiger partial charge in [-0.25, -0.2) is 8.42 Å². The lowest BCUT2D eigenvalue weighted by Gasteiger charge is -2.28. The Balaban J connectivity index is 2.52. The third kappa shape index (κ3) is 4.38. The molecule has 4 heteroatoms. The van der Waals surface area contributed by atoms with Gasteiger partial charge < -0.3 is 0 Å². The van der Waals surface area contributed by atoms with Crippen molar-refractivity contribution in [3.63, 3.8) is 0 Å². The summed E-state index contributed by atoms with van der Waals surface area (Å²) in [6.07, 6.45) is 5.40. The summed E-state index contributed by atoms with van der Waals surface area (Å²) in [6, 6.07) is 0. The molecule has 1 rings (SSSR count). The van der Waals surface area contributed by atoms with Gasteiger partial charge in [0.25, 0.3) is 0 Å². The van der Waals surface area contributed by atoms with Gasteiger partial charge in [0, 0.05) is 12.3 Å². The molecular formula is C14H26O3S. The Labute approximate surface area is 111 Å². The van der Waals surface area contributed by atoms with Crippen LogP contribution in [-0.4, -0.2) is 25.2 Å². The lowest BCUT2D eigenvalue weighted by molar-refractivity contribution is -0.125. The molecule has 0 N–H and O–H groups in total. The second-order valence-electron chi connectivity index (χ2n) is 5.80. The number of sulfone groups is 1. The highest BCUT2D eigenvalue weighted by atomic mass is 32.2. The van der Waals surface area contributed by atoms with E-state index in [1.807, 2.05) is 0 Å².